The molecular formula is C23H31F3N2O3S. The summed E-state index contributed by atoms with van der Waals surface area (Å²) < 4.78 is 66.3. The number of carbonyl (C=O) groups excluding carboxylic acids is 1. The molecule has 0 spiro atoms. The Labute approximate surface area is 187 Å². The number of sulfone groups is 1. The zero-order valence-electron chi connectivity index (χ0n) is 18.1. The lowest BCUT2D eigenvalue weighted by Crippen LogP contribution is -2.52. The maximum atomic E-state index is 14.0. The fourth-order valence-corrected chi connectivity index (χ4v) is 7.69. The summed E-state index contributed by atoms with van der Waals surface area (Å²) in [6, 6.07) is 0.784. The first kappa shape index (κ1) is 23.5. The molecule has 178 valence electrons. The van der Waals surface area contributed by atoms with E-state index in [4.69, 9.17) is 5.73 Å². The average Bonchev–Trinajstić information content (AvgIpc) is 3.02. The van der Waals surface area contributed by atoms with Crippen LogP contribution < -0.4 is 5.73 Å². The van der Waals surface area contributed by atoms with Crippen LogP contribution in [0.5, 0.6) is 0 Å². The summed E-state index contributed by atoms with van der Waals surface area (Å²) in [7, 11) is -3.46. The van der Waals surface area contributed by atoms with Crippen LogP contribution in [0, 0.1) is 23.4 Å². The van der Waals surface area contributed by atoms with E-state index in [9.17, 15) is 26.4 Å². The molecule has 2 bridgehead atoms. The summed E-state index contributed by atoms with van der Waals surface area (Å²) in [5.74, 6) is -3.90. The lowest BCUT2D eigenvalue weighted by atomic mass is 9.82. The van der Waals surface area contributed by atoms with Crippen molar-refractivity contribution in [3.05, 3.63) is 35.1 Å². The van der Waals surface area contributed by atoms with Gasteiger partial charge in [-0.05, 0) is 62.5 Å². The molecule has 3 aliphatic rings. The number of nitrogens with two attached hydrogens (primary N) is 1. The van der Waals surface area contributed by atoms with E-state index < -0.39 is 44.3 Å². The standard InChI is InChI=1S/C23H31F3N2O3S/c24-19-12-21(26)20(25)10-14(19)11-22(27)15-8-16-6-7-17(9-15)28(16)23(29)13-32(30,31)18-4-2-1-3-5-18/h10,12,15-18,22H,1-9,11,13,27H2/t15-,16+,17-,22-/m1/s1. The number of halogens is 3. The maximum Gasteiger partial charge on any atom is 0.238 e. The molecule has 4 atom stereocenters. The molecule has 1 saturated carbocycles. The molecule has 2 saturated heterocycles. The molecule has 2 N–H and O–H groups in total. The van der Waals surface area contributed by atoms with Gasteiger partial charge in [0.1, 0.15) is 11.6 Å². The monoisotopic (exact) mass is 472 g/mol. The molecule has 0 unspecified atom stereocenters. The zero-order valence-corrected chi connectivity index (χ0v) is 18.9. The Morgan fingerprint density at radius 1 is 0.969 bits per heavy atom. The second kappa shape index (κ2) is 9.33. The van der Waals surface area contributed by atoms with E-state index in [0.29, 0.717) is 31.7 Å². The highest BCUT2D eigenvalue weighted by atomic mass is 32.2. The van der Waals surface area contributed by atoms with Crippen LogP contribution in [0.2, 0.25) is 0 Å². The molecule has 32 heavy (non-hydrogen) atoms. The molecule has 4 rings (SSSR count). The Bertz CT molecular complexity index is 951. The normalized spacial score (nSPS) is 27.5. The fourth-order valence-electron chi connectivity index (χ4n) is 5.91. The highest BCUT2D eigenvalue weighted by molar-refractivity contribution is 7.92. The molecule has 0 radical (unpaired) electrons. The van der Waals surface area contributed by atoms with Gasteiger partial charge in [-0.25, -0.2) is 21.6 Å². The number of hydrogen-bond acceptors (Lipinski definition) is 4. The second-order valence-corrected chi connectivity index (χ2v) is 12.0. The van der Waals surface area contributed by atoms with Gasteiger partial charge < -0.3 is 10.6 Å². The van der Waals surface area contributed by atoms with Crippen molar-refractivity contribution in [2.75, 3.05) is 5.75 Å². The molecule has 5 nitrogen and oxygen atoms in total. The summed E-state index contributed by atoms with van der Waals surface area (Å²) in [5.41, 5.74) is 6.37. The van der Waals surface area contributed by atoms with Crippen molar-refractivity contribution in [2.45, 2.75) is 87.6 Å². The first-order valence-corrected chi connectivity index (χ1v) is 13.3. The third kappa shape index (κ3) is 4.83. The molecule has 0 aromatic heterocycles. The third-order valence-corrected chi connectivity index (χ3v) is 9.73. The van der Waals surface area contributed by atoms with E-state index in [1.54, 1.807) is 4.90 Å². The van der Waals surface area contributed by atoms with Crippen molar-refractivity contribution in [2.24, 2.45) is 11.7 Å². The van der Waals surface area contributed by atoms with Gasteiger partial charge in [0.25, 0.3) is 0 Å². The lowest BCUT2D eigenvalue weighted by Gasteiger charge is -2.41. The van der Waals surface area contributed by atoms with E-state index in [-0.39, 0.29) is 35.9 Å². The van der Waals surface area contributed by atoms with Crippen LogP contribution >= 0.6 is 0 Å². The largest absolute Gasteiger partial charge is 0.336 e. The molecule has 1 aromatic carbocycles. The van der Waals surface area contributed by atoms with Gasteiger partial charge in [-0.2, -0.15) is 0 Å². The smallest absolute Gasteiger partial charge is 0.238 e. The highest BCUT2D eigenvalue weighted by Crippen LogP contribution is 2.40. The number of carbonyl (C=O) groups is 1. The third-order valence-electron chi connectivity index (χ3n) is 7.59. The SMILES string of the molecule is N[C@H](Cc1cc(F)c(F)cc1F)[C@H]1C[C@H]2CC[C@@H](C1)N2C(=O)CS(=O)(=O)C1CCCCC1. The number of piperidine rings is 1. The molecule has 1 amide bonds. The molecule has 3 fully saturated rings. The van der Waals surface area contributed by atoms with Crippen LogP contribution in [0.3, 0.4) is 0 Å². The van der Waals surface area contributed by atoms with Crippen LogP contribution in [0.25, 0.3) is 0 Å². The molecule has 2 heterocycles. The number of rotatable bonds is 6. The number of nitrogens with zero attached hydrogens (tertiary/aromatic N) is 1. The molecule has 2 aliphatic heterocycles. The van der Waals surface area contributed by atoms with Crippen LogP contribution in [0.1, 0.15) is 63.4 Å². The minimum atomic E-state index is -3.46. The van der Waals surface area contributed by atoms with Gasteiger partial charge in [0.15, 0.2) is 21.5 Å². The first-order chi connectivity index (χ1) is 15.2. The number of amides is 1. The van der Waals surface area contributed by atoms with Crippen molar-refractivity contribution in [3.63, 3.8) is 0 Å². The molecule has 1 aromatic rings. The maximum absolute atomic E-state index is 14.0. The number of fused-ring (bicyclic) bond motifs is 2. The van der Waals surface area contributed by atoms with Crippen LogP contribution in [-0.4, -0.2) is 48.4 Å². The molecule has 9 heteroatoms. The van der Waals surface area contributed by atoms with E-state index in [2.05, 4.69) is 0 Å². The minimum absolute atomic E-state index is 0.000911. The topological polar surface area (TPSA) is 80.5 Å². The second-order valence-electron chi connectivity index (χ2n) is 9.71. The van der Waals surface area contributed by atoms with Crippen molar-refractivity contribution in [1.29, 1.82) is 0 Å². The Morgan fingerprint density at radius 2 is 1.56 bits per heavy atom. The Hall–Kier alpha value is -1.61. The summed E-state index contributed by atoms with van der Waals surface area (Å²) >= 11 is 0. The van der Waals surface area contributed by atoms with Gasteiger partial charge in [0.2, 0.25) is 5.91 Å². The highest BCUT2D eigenvalue weighted by Gasteiger charge is 2.45. The zero-order chi connectivity index (χ0) is 23.0. The lowest BCUT2D eigenvalue weighted by molar-refractivity contribution is -0.133. The van der Waals surface area contributed by atoms with Crippen molar-refractivity contribution in [3.8, 4) is 0 Å². The van der Waals surface area contributed by atoms with Gasteiger partial charge in [0, 0.05) is 24.2 Å². The predicted octanol–water partition coefficient (Wildman–Crippen LogP) is 3.49. The Kier molecular flexibility index (Phi) is 6.86. The van der Waals surface area contributed by atoms with E-state index in [1.807, 2.05) is 0 Å². The van der Waals surface area contributed by atoms with Gasteiger partial charge in [-0.1, -0.05) is 19.3 Å². The van der Waals surface area contributed by atoms with Crippen molar-refractivity contribution in [1.82, 2.24) is 4.90 Å². The number of benzene rings is 1. The van der Waals surface area contributed by atoms with Crippen LogP contribution in [0.15, 0.2) is 12.1 Å². The molecular weight excluding hydrogens is 441 g/mol. The predicted molar refractivity (Wildman–Crippen MR) is 115 cm³/mol. The van der Waals surface area contributed by atoms with Crippen LogP contribution in [0.4, 0.5) is 13.2 Å². The summed E-state index contributed by atoms with van der Waals surface area (Å²) in [6.07, 6.45) is 7.00. The fraction of sp³-hybridized carbons (Fsp3) is 0.696. The summed E-state index contributed by atoms with van der Waals surface area (Å²) in [5, 5.41) is -0.408. The average molecular weight is 473 g/mol. The minimum Gasteiger partial charge on any atom is -0.336 e. The quantitative estimate of drug-likeness (QED) is 0.643. The Morgan fingerprint density at radius 3 is 2.19 bits per heavy atom. The summed E-state index contributed by atoms with van der Waals surface area (Å²) in [4.78, 5) is 14.7. The van der Waals surface area contributed by atoms with Gasteiger partial charge in [-0.15, -0.1) is 0 Å². The van der Waals surface area contributed by atoms with Crippen LogP contribution in [-0.2, 0) is 21.1 Å². The first-order valence-electron chi connectivity index (χ1n) is 11.6. The van der Waals surface area contributed by atoms with Gasteiger partial charge in [0.05, 0.1) is 5.25 Å². The van der Waals surface area contributed by atoms with E-state index in [1.165, 1.54) is 0 Å². The molecule has 1 aliphatic carbocycles. The van der Waals surface area contributed by atoms with Gasteiger partial charge >= 0.3 is 0 Å². The van der Waals surface area contributed by atoms with E-state index >= 15 is 0 Å². The number of hydrogen-bond donors (Lipinski definition) is 1. The summed E-state index contributed by atoms with van der Waals surface area (Å²) in [6.45, 7) is 0. The van der Waals surface area contributed by atoms with Crippen molar-refractivity contribution >= 4 is 15.7 Å². The van der Waals surface area contributed by atoms with E-state index in [0.717, 1.165) is 38.2 Å². The van der Waals surface area contributed by atoms with Crippen molar-refractivity contribution < 1.29 is 26.4 Å². The Balaban J connectivity index is 1.39. The van der Waals surface area contributed by atoms with Gasteiger partial charge in [-0.3, -0.25) is 4.79 Å².